The minimum Gasteiger partial charge on any atom is -0.493 e. The zero-order valence-corrected chi connectivity index (χ0v) is 12.3. The molecule has 1 aromatic carbocycles. The van der Waals surface area contributed by atoms with E-state index in [0.717, 1.165) is 11.4 Å². The lowest BCUT2D eigenvalue weighted by atomic mass is 10.1. The molecule has 2 aromatic rings. The van der Waals surface area contributed by atoms with Gasteiger partial charge in [-0.15, -0.1) is 0 Å². The summed E-state index contributed by atoms with van der Waals surface area (Å²) in [5.41, 5.74) is 1.15. The highest BCUT2D eigenvalue weighted by Gasteiger charge is 2.10. The average Bonchev–Trinajstić information content (AvgIpc) is 2.89. The molecule has 1 unspecified atom stereocenters. The predicted octanol–water partition coefficient (Wildman–Crippen LogP) is 1.68. The molecule has 108 valence electrons. The summed E-state index contributed by atoms with van der Waals surface area (Å²) in [6, 6.07) is 6.18. The van der Waals surface area contributed by atoms with Gasteiger partial charge in [-0.2, -0.15) is 5.10 Å². The molecule has 0 bridgehead atoms. The van der Waals surface area contributed by atoms with Gasteiger partial charge in [0.2, 0.25) is 0 Å². The van der Waals surface area contributed by atoms with E-state index in [1.807, 2.05) is 32.3 Å². The van der Waals surface area contributed by atoms with E-state index in [1.54, 1.807) is 11.8 Å². The Hall–Kier alpha value is -2.08. The van der Waals surface area contributed by atoms with Gasteiger partial charge < -0.3 is 14.8 Å². The minimum absolute atomic E-state index is 0.261. The second-order valence-electron chi connectivity index (χ2n) is 4.51. The van der Waals surface area contributed by atoms with Crippen molar-refractivity contribution in [2.24, 2.45) is 7.05 Å². The van der Waals surface area contributed by atoms with Gasteiger partial charge in [0, 0.05) is 13.1 Å². The van der Waals surface area contributed by atoms with E-state index in [-0.39, 0.29) is 6.04 Å². The van der Waals surface area contributed by atoms with Gasteiger partial charge in [-0.1, -0.05) is 6.07 Å². The highest BCUT2D eigenvalue weighted by molar-refractivity contribution is 5.43. The molecule has 0 fully saturated rings. The first-order valence-corrected chi connectivity index (χ1v) is 6.46. The van der Waals surface area contributed by atoms with Crippen LogP contribution in [-0.2, 0) is 13.7 Å². The third-order valence-electron chi connectivity index (χ3n) is 3.28. The van der Waals surface area contributed by atoms with Crippen LogP contribution in [0.4, 0.5) is 0 Å². The standard InChI is InChI=1S/C14H20N4O2/c1-10(15-2)11-5-6-12(13(7-11)19-4)20-8-14-16-9-17-18(14)3/h5-7,9-10,15H,8H2,1-4H3. The predicted molar refractivity (Wildman–Crippen MR) is 75.8 cm³/mol. The van der Waals surface area contributed by atoms with Crippen molar-refractivity contribution in [3.05, 3.63) is 35.9 Å². The maximum atomic E-state index is 5.75. The first kappa shape index (κ1) is 14.3. The molecular formula is C14H20N4O2. The number of nitrogens with zero attached hydrogens (tertiary/aromatic N) is 3. The number of methoxy groups -OCH3 is 1. The molecule has 0 aliphatic heterocycles. The quantitative estimate of drug-likeness (QED) is 0.870. The van der Waals surface area contributed by atoms with Gasteiger partial charge in [0.15, 0.2) is 17.3 Å². The average molecular weight is 276 g/mol. The number of benzene rings is 1. The monoisotopic (exact) mass is 276 g/mol. The Morgan fingerprint density at radius 2 is 2.15 bits per heavy atom. The van der Waals surface area contributed by atoms with Crippen LogP contribution in [-0.4, -0.2) is 28.9 Å². The molecule has 0 saturated heterocycles. The van der Waals surface area contributed by atoms with Crippen LogP contribution in [0.15, 0.2) is 24.5 Å². The van der Waals surface area contributed by atoms with E-state index in [9.17, 15) is 0 Å². The molecule has 0 amide bonds. The molecule has 0 saturated carbocycles. The topological polar surface area (TPSA) is 61.2 Å². The summed E-state index contributed by atoms with van der Waals surface area (Å²) in [5.74, 6) is 2.18. The summed E-state index contributed by atoms with van der Waals surface area (Å²) in [7, 11) is 5.40. The van der Waals surface area contributed by atoms with Crippen LogP contribution in [0.3, 0.4) is 0 Å². The van der Waals surface area contributed by atoms with E-state index in [2.05, 4.69) is 22.3 Å². The summed E-state index contributed by atoms with van der Waals surface area (Å²) >= 11 is 0. The molecule has 0 radical (unpaired) electrons. The van der Waals surface area contributed by atoms with Crippen molar-refractivity contribution in [2.75, 3.05) is 14.2 Å². The van der Waals surface area contributed by atoms with Crippen LogP contribution in [0.1, 0.15) is 24.4 Å². The smallest absolute Gasteiger partial charge is 0.164 e. The molecule has 0 aliphatic carbocycles. The van der Waals surface area contributed by atoms with Crippen LogP contribution in [0.2, 0.25) is 0 Å². The highest BCUT2D eigenvalue weighted by atomic mass is 16.5. The lowest BCUT2D eigenvalue weighted by molar-refractivity contribution is 0.271. The Bertz CT molecular complexity index is 568. The fraction of sp³-hybridized carbons (Fsp3) is 0.429. The Morgan fingerprint density at radius 1 is 1.35 bits per heavy atom. The van der Waals surface area contributed by atoms with Crippen LogP contribution >= 0.6 is 0 Å². The largest absolute Gasteiger partial charge is 0.493 e. The van der Waals surface area contributed by atoms with Crippen molar-refractivity contribution in [1.29, 1.82) is 0 Å². The van der Waals surface area contributed by atoms with E-state index >= 15 is 0 Å². The normalized spacial score (nSPS) is 12.2. The first-order chi connectivity index (χ1) is 9.65. The molecule has 1 atom stereocenters. The first-order valence-electron chi connectivity index (χ1n) is 6.46. The number of ether oxygens (including phenoxy) is 2. The molecular weight excluding hydrogens is 256 g/mol. The second kappa shape index (κ2) is 6.38. The Morgan fingerprint density at radius 3 is 2.75 bits per heavy atom. The van der Waals surface area contributed by atoms with Gasteiger partial charge in [-0.3, -0.25) is 4.68 Å². The molecule has 1 heterocycles. The fourth-order valence-electron chi connectivity index (χ4n) is 1.83. The number of aromatic nitrogens is 3. The van der Waals surface area contributed by atoms with Crippen LogP contribution in [0.5, 0.6) is 11.5 Å². The fourth-order valence-corrected chi connectivity index (χ4v) is 1.83. The maximum absolute atomic E-state index is 5.75. The van der Waals surface area contributed by atoms with Gasteiger partial charge in [0.05, 0.1) is 7.11 Å². The van der Waals surface area contributed by atoms with Crippen LogP contribution < -0.4 is 14.8 Å². The van der Waals surface area contributed by atoms with E-state index in [0.29, 0.717) is 18.1 Å². The molecule has 6 heteroatoms. The van der Waals surface area contributed by atoms with Gasteiger partial charge in [0.1, 0.15) is 12.9 Å². The summed E-state index contributed by atoms with van der Waals surface area (Å²) in [6.45, 7) is 2.45. The zero-order chi connectivity index (χ0) is 14.5. The van der Waals surface area contributed by atoms with Crippen molar-refractivity contribution < 1.29 is 9.47 Å². The lowest BCUT2D eigenvalue weighted by Gasteiger charge is -2.15. The van der Waals surface area contributed by atoms with E-state index < -0.39 is 0 Å². The van der Waals surface area contributed by atoms with Crippen LogP contribution in [0.25, 0.3) is 0 Å². The number of rotatable bonds is 6. The van der Waals surface area contributed by atoms with Crippen molar-refractivity contribution in [2.45, 2.75) is 19.6 Å². The Kier molecular flexibility index (Phi) is 4.57. The maximum Gasteiger partial charge on any atom is 0.164 e. The lowest BCUT2D eigenvalue weighted by Crippen LogP contribution is -2.12. The van der Waals surface area contributed by atoms with Gasteiger partial charge in [-0.25, -0.2) is 4.98 Å². The van der Waals surface area contributed by atoms with Gasteiger partial charge >= 0.3 is 0 Å². The highest BCUT2D eigenvalue weighted by Crippen LogP contribution is 2.30. The summed E-state index contributed by atoms with van der Waals surface area (Å²) < 4.78 is 12.8. The molecule has 2 rings (SSSR count). The zero-order valence-electron chi connectivity index (χ0n) is 12.3. The SMILES string of the molecule is CNC(C)c1ccc(OCc2ncnn2C)c(OC)c1. The van der Waals surface area contributed by atoms with E-state index in [4.69, 9.17) is 9.47 Å². The van der Waals surface area contributed by atoms with Crippen molar-refractivity contribution >= 4 is 0 Å². The van der Waals surface area contributed by atoms with Gasteiger partial charge in [0.25, 0.3) is 0 Å². The van der Waals surface area contributed by atoms with Crippen molar-refractivity contribution in [1.82, 2.24) is 20.1 Å². The second-order valence-corrected chi connectivity index (χ2v) is 4.51. The molecule has 20 heavy (non-hydrogen) atoms. The number of aryl methyl sites for hydroxylation is 1. The van der Waals surface area contributed by atoms with Crippen LogP contribution in [0, 0.1) is 0 Å². The van der Waals surface area contributed by atoms with Crippen molar-refractivity contribution in [3.63, 3.8) is 0 Å². The molecule has 1 N–H and O–H groups in total. The summed E-state index contributed by atoms with van der Waals surface area (Å²) in [6.07, 6.45) is 1.51. The molecule has 0 spiro atoms. The van der Waals surface area contributed by atoms with E-state index in [1.165, 1.54) is 6.33 Å². The van der Waals surface area contributed by atoms with Gasteiger partial charge in [-0.05, 0) is 31.7 Å². The molecule has 1 aromatic heterocycles. The third kappa shape index (κ3) is 3.08. The summed E-state index contributed by atoms with van der Waals surface area (Å²) in [5, 5.41) is 7.20. The number of nitrogens with one attached hydrogen (secondary N) is 1. The number of hydrogen-bond acceptors (Lipinski definition) is 5. The summed E-state index contributed by atoms with van der Waals surface area (Å²) in [4.78, 5) is 4.12. The minimum atomic E-state index is 0.261. The molecule has 0 aliphatic rings. The number of hydrogen-bond donors (Lipinski definition) is 1. The Balaban J connectivity index is 2.13. The van der Waals surface area contributed by atoms with Crippen molar-refractivity contribution in [3.8, 4) is 11.5 Å². The Labute approximate surface area is 118 Å². The third-order valence-corrected chi connectivity index (χ3v) is 3.28. The molecule has 6 nitrogen and oxygen atoms in total.